The summed E-state index contributed by atoms with van der Waals surface area (Å²) in [4.78, 5) is 17.7. The van der Waals surface area contributed by atoms with Gasteiger partial charge in [0.05, 0.1) is 7.11 Å². The van der Waals surface area contributed by atoms with E-state index < -0.39 is 0 Å². The molecule has 0 unspecified atom stereocenters. The fourth-order valence-electron chi connectivity index (χ4n) is 2.60. The molecule has 0 fully saturated rings. The number of nitrogens with zero attached hydrogens (tertiary/aromatic N) is 2. The van der Waals surface area contributed by atoms with E-state index in [1.165, 1.54) is 0 Å². The fraction of sp³-hybridized carbons (Fsp3) is 0.333. The molecular weight excluding hydrogens is 503 g/mol. The summed E-state index contributed by atoms with van der Waals surface area (Å²) in [5.41, 5.74) is 2.79. The lowest BCUT2D eigenvalue weighted by atomic mass is 10.1. The summed E-state index contributed by atoms with van der Waals surface area (Å²) in [6, 6.07) is 13.2. The van der Waals surface area contributed by atoms with Crippen LogP contribution in [0.3, 0.4) is 0 Å². The Hall–Kier alpha value is -2.00. The van der Waals surface area contributed by atoms with Gasteiger partial charge in [0.1, 0.15) is 5.75 Å². The van der Waals surface area contributed by atoms with Crippen LogP contribution in [0.5, 0.6) is 5.75 Å². The van der Waals surface area contributed by atoms with Crippen LogP contribution in [0.15, 0.2) is 47.5 Å². The number of carbonyl (C=O) groups is 1. The zero-order valence-corrected chi connectivity index (χ0v) is 20.2. The van der Waals surface area contributed by atoms with Crippen LogP contribution in [-0.4, -0.2) is 51.6 Å². The molecule has 2 aromatic rings. The van der Waals surface area contributed by atoms with Crippen LogP contribution < -0.4 is 15.4 Å². The highest BCUT2D eigenvalue weighted by Crippen LogP contribution is 2.22. The Kier molecular flexibility index (Phi) is 10.8. The monoisotopic (exact) mass is 530 g/mol. The van der Waals surface area contributed by atoms with Gasteiger partial charge >= 0.3 is 0 Å². The Morgan fingerprint density at radius 2 is 1.83 bits per heavy atom. The number of rotatable bonds is 7. The number of methoxy groups -OCH3 is 1. The first kappa shape index (κ1) is 25.0. The molecule has 0 aliphatic rings. The Balaban J connectivity index is 0.00000420. The molecule has 0 saturated carbocycles. The third kappa shape index (κ3) is 7.74. The van der Waals surface area contributed by atoms with E-state index in [0.29, 0.717) is 29.6 Å². The van der Waals surface area contributed by atoms with Gasteiger partial charge in [-0.2, -0.15) is 0 Å². The van der Waals surface area contributed by atoms with Crippen LogP contribution in [0.25, 0.3) is 0 Å². The standard InChI is InChI=1S/C21H27ClN4O2.HI/c1-23-21(24-12-11-16-9-10-18(28-4)13-19(16)22)25-14-15-5-7-17(8-6-15)20(27)26(2)3;/h5-10,13H,11-12,14H2,1-4H3,(H2,23,24,25);1H. The summed E-state index contributed by atoms with van der Waals surface area (Å²) >= 11 is 6.27. The number of ether oxygens (including phenoxy) is 1. The molecule has 0 aliphatic carbocycles. The lowest BCUT2D eigenvalue weighted by molar-refractivity contribution is 0.0827. The molecule has 6 nitrogen and oxygen atoms in total. The topological polar surface area (TPSA) is 66.0 Å². The summed E-state index contributed by atoms with van der Waals surface area (Å²) < 4.78 is 5.17. The van der Waals surface area contributed by atoms with Gasteiger partial charge in [-0.15, -0.1) is 24.0 Å². The minimum atomic E-state index is -0.00539. The summed E-state index contributed by atoms with van der Waals surface area (Å²) in [5.74, 6) is 1.45. The van der Waals surface area contributed by atoms with E-state index in [1.54, 1.807) is 33.2 Å². The molecule has 2 N–H and O–H groups in total. The summed E-state index contributed by atoms with van der Waals surface area (Å²) in [7, 11) is 6.84. The normalized spacial score (nSPS) is 10.7. The van der Waals surface area contributed by atoms with Crippen molar-refractivity contribution in [3.05, 3.63) is 64.2 Å². The highest BCUT2D eigenvalue weighted by Gasteiger charge is 2.07. The molecule has 2 rings (SSSR count). The van der Waals surface area contributed by atoms with Crippen LogP contribution >= 0.6 is 35.6 Å². The van der Waals surface area contributed by atoms with Crippen molar-refractivity contribution in [1.29, 1.82) is 0 Å². The molecule has 0 saturated heterocycles. The number of halogens is 2. The molecule has 0 aromatic heterocycles. The predicted molar refractivity (Wildman–Crippen MR) is 130 cm³/mol. The molecule has 158 valence electrons. The highest BCUT2D eigenvalue weighted by atomic mass is 127. The Labute approximate surface area is 194 Å². The Bertz CT molecular complexity index is 826. The lowest BCUT2D eigenvalue weighted by Crippen LogP contribution is -2.37. The maximum Gasteiger partial charge on any atom is 0.253 e. The number of carbonyl (C=O) groups excluding carboxylic acids is 1. The van der Waals surface area contributed by atoms with Gasteiger partial charge < -0.3 is 20.3 Å². The van der Waals surface area contributed by atoms with E-state index in [1.807, 2.05) is 42.5 Å². The molecule has 1 amide bonds. The molecule has 2 aromatic carbocycles. The average molecular weight is 531 g/mol. The zero-order valence-electron chi connectivity index (χ0n) is 17.2. The van der Waals surface area contributed by atoms with Crippen LogP contribution in [-0.2, 0) is 13.0 Å². The molecular formula is C21H28ClIN4O2. The SMILES string of the molecule is CN=C(NCCc1ccc(OC)cc1Cl)NCc1ccc(C(=O)N(C)C)cc1.I. The van der Waals surface area contributed by atoms with Crippen molar-refractivity contribution in [3.63, 3.8) is 0 Å². The number of guanidine groups is 1. The minimum Gasteiger partial charge on any atom is -0.497 e. The molecule has 8 heteroatoms. The molecule has 0 spiro atoms. The number of benzene rings is 2. The maximum atomic E-state index is 11.9. The number of nitrogens with one attached hydrogen (secondary N) is 2. The number of hydrogen-bond donors (Lipinski definition) is 2. The number of amides is 1. The lowest BCUT2D eigenvalue weighted by Gasteiger charge is -2.13. The van der Waals surface area contributed by atoms with Crippen molar-refractivity contribution in [2.45, 2.75) is 13.0 Å². The second-order valence-electron chi connectivity index (χ2n) is 6.46. The van der Waals surface area contributed by atoms with Gasteiger partial charge in [-0.1, -0.05) is 29.8 Å². The summed E-state index contributed by atoms with van der Waals surface area (Å²) in [5, 5.41) is 7.23. The van der Waals surface area contributed by atoms with Gasteiger partial charge in [-0.3, -0.25) is 9.79 Å². The smallest absolute Gasteiger partial charge is 0.253 e. The minimum absolute atomic E-state index is 0. The number of hydrogen-bond acceptors (Lipinski definition) is 3. The predicted octanol–water partition coefficient (Wildman–Crippen LogP) is 3.58. The van der Waals surface area contributed by atoms with Crippen molar-refractivity contribution >= 4 is 47.4 Å². The Morgan fingerprint density at radius 3 is 2.38 bits per heavy atom. The molecule has 0 radical (unpaired) electrons. The van der Waals surface area contributed by atoms with E-state index in [-0.39, 0.29) is 29.9 Å². The van der Waals surface area contributed by atoms with Crippen LogP contribution in [0.2, 0.25) is 5.02 Å². The van der Waals surface area contributed by atoms with Crippen LogP contribution in [0, 0.1) is 0 Å². The van der Waals surface area contributed by atoms with E-state index in [9.17, 15) is 4.79 Å². The van der Waals surface area contributed by atoms with Gasteiger partial charge in [0.2, 0.25) is 0 Å². The average Bonchev–Trinajstić information content (AvgIpc) is 2.71. The van der Waals surface area contributed by atoms with Gasteiger partial charge in [0.25, 0.3) is 5.91 Å². The third-order valence-electron chi connectivity index (χ3n) is 4.24. The Morgan fingerprint density at radius 1 is 1.14 bits per heavy atom. The third-order valence-corrected chi connectivity index (χ3v) is 4.59. The second kappa shape index (κ2) is 12.5. The van der Waals surface area contributed by atoms with Crippen molar-refractivity contribution in [1.82, 2.24) is 15.5 Å². The van der Waals surface area contributed by atoms with Crippen LogP contribution in [0.1, 0.15) is 21.5 Å². The van der Waals surface area contributed by atoms with E-state index in [0.717, 1.165) is 23.3 Å². The van der Waals surface area contributed by atoms with Gasteiger partial charge in [0, 0.05) is 44.8 Å². The molecule has 0 aliphatic heterocycles. The van der Waals surface area contributed by atoms with Crippen molar-refractivity contribution < 1.29 is 9.53 Å². The fourth-order valence-corrected chi connectivity index (χ4v) is 2.87. The first-order valence-electron chi connectivity index (χ1n) is 9.02. The van der Waals surface area contributed by atoms with Gasteiger partial charge in [0.15, 0.2) is 5.96 Å². The van der Waals surface area contributed by atoms with Crippen LogP contribution in [0.4, 0.5) is 0 Å². The first-order valence-corrected chi connectivity index (χ1v) is 9.40. The van der Waals surface area contributed by atoms with E-state index >= 15 is 0 Å². The molecule has 29 heavy (non-hydrogen) atoms. The highest BCUT2D eigenvalue weighted by molar-refractivity contribution is 14.0. The van der Waals surface area contributed by atoms with E-state index in [4.69, 9.17) is 16.3 Å². The largest absolute Gasteiger partial charge is 0.497 e. The zero-order chi connectivity index (χ0) is 20.5. The van der Waals surface area contributed by atoms with Gasteiger partial charge in [-0.25, -0.2) is 0 Å². The van der Waals surface area contributed by atoms with Crippen molar-refractivity contribution in [2.24, 2.45) is 4.99 Å². The van der Waals surface area contributed by atoms with Crippen molar-refractivity contribution in [3.8, 4) is 5.75 Å². The maximum absolute atomic E-state index is 11.9. The second-order valence-corrected chi connectivity index (χ2v) is 6.86. The first-order chi connectivity index (χ1) is 13.4. The quantitative estimate of drug-likeness (QED) is 0.326. The molecule has 0 atom stereocenters. The number of aliphatic imine (C=N–C) groups is 1. The summed E-state index contributed by atoms with van der Waals surface area (Å²) in [6.07, 6.45) is 0.769. The molecule has 0 bridgehead atoms. The van der Waals surface area contributed by atoms with E-state index in [2.05, 4.69) is 15.6 Å². The van der Waals surface area contributed by atoms with Crippen molar-refractivity contribution in [2.75, 3.05) is 34.8 Å². The molecule has 0 heterocycles. The summed E-state index contributed by atoms with van der Waals surface area (Å²) in [6.45, 7) is 1.31. The van der Waals surface area contributed by atoms with Gasteiger partial charge in [-0.05, 0) is 41.8 Å².